The molecule has 0 atom stereocenters. The van der Waals surface area contributed by atoms with Gasteiger partial charge in [0.2, 0.25) is 0 Å². The highest BCUT2D eigenvalue weighted by Crippen LogP contribution is 2.16. The minimum Gasteiger partial charge on any atom is -0.497 e. The maximum atomic E-state index is 11.9. The van der Waals surface area contributed by atoms with E-state index >= 15 is 0 Å². The summed E-state index contributed by atoms with van der Waals surface area (Å²) in [7, 11) is 1.58. The van der Waals surface area contributed by atoms with Crippen molar-refractivity contribution in [2.75, 3.05) is 7.11 Å². The van der Waals surface area contributed by atoms with Gasteiger partial charge < -0.3 is 14.8 Å². The minimum atomic E-state index is -0.857. The summed E-state index contributed by atoms with van der Waals surface area (Å²) in [6, 6.07) is 21.8. The number of amides is 2. The van der Waals surface area contributed by atoms with Gasteiger partial charge in [-0.2, -0.15) is 5.10 Å². The minimum absolute atomic E-state index is 0.215. The summed E-state index contributed by atoms with van der Waals surface area (Å²) in [5.74, 6) is -0.276. The molecule has 0 fully saturated rings. The normalized spacial score (nSPS) is 10.6. The van der Waals surface area contributed by atoms with Crippen molar-refractivity contribution in [2.45, 2.75) is 13.2 Å². The summed E-state index contributed by atoms with van der Waals surface area (Å²) in [6.45, 7) is 0.607. The first-order chi connectivity index (χ1) is 15.5. The Hall–Kier alpha value is -3.84. The predicted octanol–water partition coefficient (Wildman–Crippen LogP) is 3.69. The van der Waals surface area contributed by atoms with Gasteiger partial charge in [0.1, 0.15) is 18.1 Å². The molecule has 7 nitrogen and oxygen atoms in total. The zero-order valence-corrected chi connectivity index (χ0v) is 18.1. The molecule has 0 aliphatic carbocycles. The van der Waals surface area contributed by atoms with Crippen LogP contribution in [0, 0.1) is 0 Å². The van der Waals surface area contributed by atoms with Crippen molar-refractivity contribution in [3.05, 3.63) is 94.5 Å². The molecule has 0 aromatic heterocycles. The highest BCUT2D eigenvalue weighted by Gasteiger charge is 2.11. The number of nitrogens with zero attached hydrogens (tertiary/aromatic N) is 1. The molecule has 3 aromatic rings. The second-order valence-electron chi connectivity index (χ2n) is 6.72. The predicted molar refractivity (Wildman–Crippen MR) is 123 cm³/mol. The lowest BCUT2D eigenvalue weighted by atomic mass is 10.2. The molecular formula is C24H22ClN3O4. The molecule has 0 radical (unpaired) electrons. The van der Waals surface area contributed by atoms with E-state index in [0.29, 0.717) is 28.7 Å². The molecule has 0 unspecified atom stereocenters. The van der Waals surface area contributed by atoms with Gasteiger partial charge in [0, 0.05) is 11.6 Å². The van der Waals surface area contributed by atoms with Gasteiger partial charge in [-0.15, -0.1) is 0 Å². The van der Waals surface area contributed by atoms with Crippen LogP contribution in [0.5, 0.6) is 11.5 Å². The van der Waals surface area contributed by atoms with Gasteiger partial charge in [0.25, 0.3) is 0 Å². The summed E-state index contributed by atoms with van der Waals surface area (Å²) in [5.41, 5.74) is 4.75. The third kappa shape index (κ3) is 7.14. The molecule has 0 spiro atoms. The van der Waals surface area contributed by atoms with E-state index in [1.807, 2.05) is 24.3 Å². The van der Waals surface area contributed by atoms with Gasteiger partial charge in [-0.05, 0) is 53.1 Å². The van der Waals surface area contributed by atoms with Crippen molar-refractivity contribution in [1.82, 2.24) is 10.7 Å². The molecule has 32 heavy (non-hydrogen) atoms. The molecule has 0 saturated heterocycles. The zero-order valence-electron chi connectivity index (χ0n) is 17.4. The van der Waals surface area contributed by atoms with Crippen LogP contribution < -0.4 is 20.2 Å². The zero-order chi connectivity index (χ0) is 22.8. The van der Waals surface area contributed by atoms with Gasteiger partial charge in [-0.1, -0.05) is 48.0 Å². The van der Waals surface area contributed by atoms with Crippen LogP contribution in [0.4, 0.5) is 0 Å². The molecule has 2 amide bonds. The lowest BCUT2D eigenvalue weighted by molar-refractivity contribution is -0.139. The molecule has 0 aliphatic rings. The average molecular weight is 452 g/mol. The maximum Gasteiger partial charge on any atom is 0.329 e. The van der Waals surface area contributed by atoms with Crippen molar-refractivity contribution in [3.8, 4) is 11.5 Å². The Morgan fingerprint density at radius 3 is 2.38 bits per heavy atom. The van der Waals surface area contributed by atoms with Gasteiger partial charge in [0.05, 0.1) is 13.3 Å². The van der Waals surface area contributed by atoms with Crippen LogP contribution in [-0.2, 0) is 22.7 Å². The Balaban J connectivity index is 1.45. The molecule has 3 rings (SSSR count). The monoisotopic (exact) mass is 451 g/mol. The van der Waals surface area contributed by atoms with E-state index in [1.165, 1.54) is 6.21 Å². The van der Waals surface area contributed by atoms with Crippen molar-refractivity contribution in [3.63, 3.8) is 0 Å². The van der Waals surface area contributed by atoms with Gasteiger partial charge >= 0.3 is 11.8 Å². The maximum absolute atomic E-state index is 11.9. The van der Waals surface area contributed by atoms with Crippen LogP contribution in [0.1, 0.15) is 16.7 Å². The third-order valence-corrected chi connectivity index (χ3v) is 4.63. The number of ether oxygens (including phenoxy) is 2. The molecule has 164 valence electrons. The van der Waals surface area contributed by atoms with Gasteiger partial charge in [0.15, 0.2) is 0 Å². The number of hydrogen-bond donors (Lipinski definition) is 2. The Bertz CT molecular complexity index is 1080. The summed E-state index contributed by atoms with van der Waals surface area (Å²) in [4.78, 5) is 23.8. The number of carbonyl (C=O) groups excluding carboxylic acids is 2. The van der Waals surface area contributed by atoms with E-state index in [9.17, 15) is 9.59 Å². The fourth-order valence-electron chi connectivity index (χ4n) is 2.65. The van der Waals surface area contributed by atoms with Crippen LogP contribution in [0.2, 0.25) is 5.02 Å². The van der Waals surface area contributed by atoms with Crippen LogP contribution in [0.25, 0.3) is 0 Å². The van der Waals surface area contributed by atoms with Gasteiger partial charge in [-0.25, -0.2) is 5.43 Å². The van der Waals surface area contributed by atoms with E-state index in [0.717, 1.165) is 11.1 Å². The number of nitrogens with one attached hydrogen (secondary N) is 2. The number of halogens is 1. The van der Waals surface area contributed by atoms with E-state index in [-0.39, 0.29) is 6.54 Å². The molecule has 8 heteroatoms. The largest absolute Gasteiger partial charge is 0.497 e. The molecular weight excluding hydrogens is 430 g/mol. The fraction of sp³-hybridized carbons (Fsp3) is 0.125. The van der Waals surface area contributed by atoms with Crippen molar-refractivity contribution in [2.24, 2.45) is 5.10 Å². The highest BCUT2D eigenvalue weighted by atomic mass is 35.5. The summed E-state index contributed by atoms with van der Waals surface area (Å²) < 4.78 is 10.8. The average Bonchev–Trinajstić information content (AvgIpc) is 2.82. The number of hydrogen-bond acceptors (Lipinski definition) is 5. The van der Waals surface area contributed by atoms with E-state index < -0.39 is 11.8 Å². The van der Waals surface area contributed by atoms with Crippen LogP contribution in [0.15, 0.2) is 77.9 Å². The number of carbonyl (C=O) groups is 2. The quantitative estimate of drug-likeness (QED) is 0.310. The summed E-state index contributed by atoms with van der Waals surface area (Å²) >= 11 is 5.88. The lowest BCUT2D eigenvalue weighted by Gasteiger charge is -2.07. The smallest absolute Gasteiger partial charge is 0.329 e. The van der Waals surface area contributed by atoms with Crippen molar-refractivity contribution < 1.29 is 19.1 Å². The second-order valence-corrected chi connectivity index (χ2v) is 7.15. The Morgan fingerprint density at radius 2 is 1.66 bits per heavy atom. The van der Waals surface area contributed by atoms with E-state index in [1.54, 1.807) is 55.6 Å². The second kappa shape index (κ2) is 11.5. The molecule has 0 saturated carbocycles. The van der Waals surface area contributed by atoms with Crippen LogP contribution in [0.3, 0.4) is 0 Å². The van der Waals surface area contributed by atoms with E-state index in [4.69, 9.17) is 21.1 Å². The fourth-order valence-corrected chi connectivity index (χ4v) is 2.78. The third-order valence-electron chi connectivity index (χ3n) is 4.37. The van der Waals surface area contributed by atoms with Crippen LogP contribution >= 0.6 is 11.6 Å². The lowest BCUT2D eigenvalue weighted by Crippen LogP contribution is -2.37. The molecule has 3 aromatic carbocycles. The Labute approximate surface area is 191 Å². The molecule has 0 aliphatic heterocycles. The number of hydrazone groups is 1. The number of methoxy groups -OCH3 is 1. The standard InChI is InChI=1S/C24H22ClN3O4/c1-31-21-11-7-17(8-12-21)14-26-23(29)24(30)28-27-15-19-3-2-4-22(13-19)32-16-18-5-9-20(25)10-6-18/h2-13,15H,14,16H2,1H3,(H,26,29)(H,28,30)/b27-15-. The first-order valence-electron chi connectivity index (χ1n) is 9.75. The van der Waals surface area contributed by atoms with Gasteiger partial charge in [-0.3, -0.25) is 9.59 Å². The van der Waals surface area contributed by atoms with Crippen molar-refractivity contribution >= 4 is 29.6 Å². The first kappa shape index (κ1) is 22.8. The highest BCUT2D eigenvalue weighted by molar-refractivity contribution is 6.35. The first-order valence-corrected chi connectivity index (χ1v) is 10.1. The van der Waals surface area contributed by atoms with Crippen LogP contribution in [-0.4, -0.2) is 25.1 Å². The summed E-state index contributed by atoms with van der Waals surface area (Å²) in [6.07, 6.45) is 1.43. The molecule has 0 heterocycles. The topological polar surface area (TPSA) is 89.0 Å². The molecule has 0 bridgehead atoms. The number of rotatable bonds is 8. The molecule has 2 N–H and O–H groups in total. The Kier molecular flexibility index (Phi) is 8.22. The van der Waals surface area contributed by atoms with E-state index in [2.05, 4.69) is 15.8 Å². The number of benzene rings is 3. The summed E-state index contributed by atoms with van der Waals surface area (Å²) in [5, 5.41) is 7.04. The SMILES string of the molecule is COc1ccc(CNC(=O)C(=O)N/N=C\c2cccc(OCc3ccc(Cl)cc3)c2)cc1. The Morgan fingerprint density at radius 1 is 0.938 bits per heavy atom. The van der Waals surface area contributed by atoms with Crippen molar-refractivity contribution in [1.29, 1.82) is 0 Å².